The maximum absolute atomic E-state index is 12.0. The van der Waals surface area contributed by atoms with Crippen LogP contribution in [-0.2, 0) is 9.53 Å². The Hall–Kier alpha value is -0.160. The van der Waals surface area contributed by atoms with E-state index in [0.717, 1.165) is 71.6 Å². The number of morpholine rings is 1. The molecule has 0 aromatic rings. The van der Waals surface area contributed by atoms with Gasteiger partial charge in [-0.1, -0.05) is 0 Å². The van der Waals surface area contributed by atoms with E-state index in [-0.39, 0.29) is 12.4 Å². The number of nitrogens with zero attached hydrogens (tertiary/aromatic N) is 1. The van der Waals surface area contributed by atoms with Gasteiger partial charge >= 0.3 is 0 Å². The summed E-state index contributed by atoms with van der Waals surface area (Å²) in [7, 11) is 0. The fraction of sp³-hybridized carbons (Fsp3) is 0.923. The van der Waals surface area contributed by atoms with E-state index in [0.29, 0.717) is 11.7 Å². The Labute approximate surface area is 116 Å². The molecule has 2 aliphatic heterocycles. The lowest BCUT2D eigenvalue weighted by Gasteiger charge is -2.27. The summed E-state index contributed by atoms with van der Waals surface area (Å²) in [6.45, 7) is 6.84. The second-order valence-corrected chi connectivity index (χ2v) is 5.05. The van der Waals surface area contributed by atoms with E-state index in [1.807, 2.05) is 0 Å². The molecule has 2 saturated heterocycles. The number of hydrogen-bond donors (Lipinski definition) is 1. The van der Waals surface area contributed by atoms with Gasteiger partial charge in [-0.05, 0) is 38.9 Å². The van der Waals surface area contributed by atoms with Crippen molar-refractivity contribution < 1.29 is 9.53 Å². The number of rotatable bonds is 5. The smallest absolute Gasteiger partial charge is 0.136 e. The number of piperidine rings is 1. The summed E-state index contributed by atoms with van der Waals surface area (Å²) in [5.74, 6) is 0.820. The Morgan fingerprint density at radius 1 is 1.22 bits per heavy atom. The monoisotopic (exact) mass is 276 g/mol. The highest BCUT2D eigenvalue weighted by Crippen LogP contribution is 2.15. The number of ketones is 1. The van der Waals surface area contributed by atoms with Crippen LogP contribution in [0, 0.1) is 5.92 Å². The van der Waals surface area contributed by atoms with Crippen LogP contribution in [0.15, 0.2) is 0 Å². The number of carbonyl (C=O) groups excluding carboxylic acids is 1. The van der Waals surface area contributed by atoms with Crippen LogP contribution in [0.1, 0.15) is 25.7 Å². The minimum Gasteiger partial charge on any atom is -0.379 e. The summed E-state index contributed by atoms with van der Waals surface area (Å²) in [4.78, 5) is 14.4. The second kappa shape index (κ2) is 8.86. The third-order valence-corrected chi connectivity index (χ3v) is 3.80. The first-order valence-corrected chi connectivity index (χ1v) is 6.90. The average molecular weight is 277 g/mol. The van der Waals surface area contributed by atoms with Crippen molar-refractivity contribution in [2.45, 2.75) is 25.7 Å². The van der Waals surface area contributed by atoms with Gasteiger partial charge in [0.05, 0.1) is 13.2 Å². The summed E-state index contributed by atoms with van der Waals surface area (Å²) in [5.41, 5.74) is 0. The van der Waals surface area contributed by atoms with Gasteiger partial charge in [0.25, 0.3) is 0 Å². The van der Waals surface area contributed by atoms with Gasteiger partial charge in [0, 0.05) is 25.4 Å². The number of hydrogen-bond acceptors (Lipinski definition) is 4. The van der Waals surface area contributed by atoms with Gasteiger partial charge in [-0.2, -0.15) is 0 Å². The highest BCUT2D eigenvalue weighted by Gasteiger charge is 2.20. The maximum Gasteiger partial charge on any atom is 0.136 e. The topological polar surface area (TPSA) is 41.6 Å². The Morgan fingerprint density at radius 2 is 1.89 bits per heavy atom. The van der Waals surface area contributed by atoms with Crippen LogP contribution in [0.25, 0.3) is 0 Å². The molecule has 0 aromatic heterocycles. The third kappa shape index (κ3) is 5.22. The molecule has 2 fully saturated rings. The van der Waals surface area contributed by atoms with E-state index in [4.69, 9.17) is 4.74 Å². The Morgan fingerprint density at radius 3 is 2.56 bits per heavy atom. The van der Waals surface area contributed by atoms with Gasteiger partial charge in [0.1, 0.15) is 5.78 Å². The number of carbonyl (C=O) groups is 1. The first kappa shape index (κ1) is 15.9. The quantitative estimate of drug-likeness (QED) is 0.816. The lowest BCUT2D eigenvalue weighted by Crippen LogP contribution is -2.37. The van der Waals surface area contributed by atoms with Crippen molar-refractivity contribution in [3.05, 3.63) is 0 Å². The molecule has 0 aromatic carbocycles. The molecule has 4 nitrogen and oxygen atoms in total. The average Bonchev–Trinajstić information content (AvgIpc) is 2.41. The van der Waals surface area contributed by atoms with Gasteiger partial charge in [-0.3, -0.25) is 9.69 Å². The normalized spacial score (nSPS) is 22.4. The zero-order valence-electron chi connectivity index (χ0n) is 11.0. The number of halogens is 1. The molecule has 0 saturated carbocycles. The van der Waals surface area contributed by atoms with Gasteiger partial charge in [-0.15, -0.1) is 12.4 Å². The third-order valence-electron chi connectivity index (χ3n) is 3.80. The van der Waals surface area contributed by atoms with Crippen molar-refractivity contribution >= 4 is 18.2 Å². The Bertz CT molecular complexity index is 239. The van der Waals surface area contributed by atoms with Gasteiger partial charge < -0.3 is 10.1 Å². The van der Waals surface area contributed by atoms with E-state index in [1.165, 1.54) is 0 Å². The van der Waals surface area contributed by atoms with Crippen molar-refractivity contribution in [3.8, 4) is 0 Å². The number of ether oxygens (including phenoxy) is 1. The van der Waals surface area contributed by atoms with Gasteiger partial charge in [0.2, 0.25) is 0 Å². The zero-order valence-corrected chi connectivity index (χ0v) is 11.8. The van der Waals surface area contributed by atoms with Gasteiger partial charge in [0.15, 0.2) is 0 Å². The van der Waals surface area contributed by atoms with E-state index in [9.17, 15) is 4.79 Å². The SMILES string of the molecule is Cl.O=C(CCCN1CCOCC1)C1CCNCC1. The van der Waals surface area contributed by atoms with Crippen LogP contribution < -0.4 is 5.32 Å². The van der Waals surface area contributed by atoms with Crippen LogP contribution in [0.4, 0.5) is 0 Å². The van der Waals surface area contributed by atoms with Crippen LogP contribution in [0.3, 0.4) is 0 Å². The highest BCUT2D eigenvalue weighted by molar-refractivity contribution is 5.85. The molecule has 106 valence electrons. The molecule has 1 N–H and O–H groups in total. The van der Waals surface area contributed by atoms with Crippen LogP contribution in [0.5, 0.6) is 0 Å². The predicted octanol–water partition coefficient (Wildman–Crippen LogP) is 1.09. The second-order valence-electron chi connectivity index (χ2n) is 5.05. The first-order chi connectivity index (χ1) is 8.36. The van der Waals surface area contributed by atoms with Gasteiger partial charge in [-0.25, -0.2) is 0 Å². The largest absolute Gasteiger partial charge is 0.379 e. The van der Waals surface area contributed by atoms with E-state index < -0.39 is 0 Å². The molecular formula is C13H25ClN2O2. The molecule has 2 rings (SSSR count). The summed E-state index contributed by atoms with van der Waals surface area (Å²) >= 11 is 0. The minimum absolute atomic E-state index is 0. The standard InChI is InChI=1S/C13H24N2O2.ClH/c16-13(12-3-5-14-6-4-12)2-1-7-15-8-10-17-11-9-15;/h12,14H,1-11H2;1H. The van der Waals surface area contributed by atoms with E-state index in [1.54, 1.807) is 0 Å². The van der Waals surface area contributed by atoms with Crippen molar-refractivity contribution in [1.29, 1.82) is 0 Å². The van der Waals surface area contributed by atoms with Crippen molar-refractivity contribution in [3.63, 3.8) is 0 Å². The van der Waals surface area contributed by atoms with Crippen LogP contribution in [-0.4, -0.2) is 56.6 Å². The molecular weight excluding hydrogens is 252 g/mol. The molecule has 2 heterocycles. The van der Waals surface area contributed by atoms with Crippen LogP contribution >= 0.6 is 12.4 Å². The molecule has 0 radical (unpaired) electrons. The molecule has 0 aliphatic carbocycles. The summed E-state index contributed by atoms with van der Waals surface area (Å²) in [6, 6.07) is 0. The van der Waals surface area contributed by atoms with Crippen molar-refractivity contribution in [2.24, 2.45) is 5.92 Å². The lowest BCUT2D eigenvalue weighted by atomic mass is 9.91. The Kier molecular flexibility index (Phi) is 7.82. The summed E-state index contributed by atoms with van der Waals surface area (Å²) < 4.78 is 5.31. The van der Waals surface area contributed by atoms with Crippen molar-refractivity contribution in [2.75, 3.05) is 45.9 Å². The molecule has 0 unspecified atom stereocenters. The first-order valence-electron chi connectivity index (χ1n) is 6.90. The molecule has 0 bridgehead atoms. The lowest BCUT2D eigenvalue weighted by molar-refractivity contribution is -0.123. The maximum atomic E-state index is 12.0. The fourth-order valence-electron chi connectivity index (χ4n) is 2.65. The Balaban J connectivity index is 0.00000162. The molecule has 18 heavy (non-hydrogen) atoms. The fourth-order valence-corrected chi connectivity index (χ4v) is 2.65. The number of Topliss-reactive ketones (excluding diaryl/α,β-unsaturated/α-hetero) is 1. The number of nitrogens with one attached hydrogen (secondary N) is 1. The highest BCUT2D eigenvalue weighted by atomic mass is 35.5. The molecule has 0 spiro atoms. The molecule has 0 amide bonds. The molecule has 5 heteroatoms. The summed E-state index contributed by atoms with van der Waals surface area (Å²) in [6.07, 6.45) is 3.86. The van der Waals surface area contributed by atoms with Crippen LogP contribution in [0.2, 0.25) is 0 Å². The minimum atomic E-state index is 0. The molecule has 2 aliphatic rings. The molecule has 0 atom stereocenters. The van der Waals surface area contributed by atoms with E-state index in [2.05, 4.69) is 10.2 Å². The van der Waals surface area contributed by atoms with Crippen molar-refractivity contribution in [1.82, 2.24) is 10.2 Å². The summed E-state index contributed by atoms with van der Waals surface area (Å²) in [5, 5.41) is 3.30. The predicted molar refractivity (Wildman–Crippen MR) is 74.3 cm³/mol. The van der Waals surface area contributed by atoms with E-state index >= 15 is 0 Å². The zero-order chi connectivity index (χ0) is 11.9.